The molecule has 1 aliphatic heterocycles. The maximum Gasteiger partial charge on any atom is 0.272 e. The molecular weight excluding hydrogens is 324 g/mol. The normalized spacial score (nSPS) is 14.2. The fourth-order valence-electron chi connectivity index (χ4n) is 3.69. The highest BCUT2D eigenvalue weighted by molar-refractivity contribution is 5.94. The van der Waals surface area contributed by atoms with Gasteiger partial charge in [-0.2, -0.15) is 5.10 Å². The summed E-state index contributed by atoms with van der Waals surface area (Å²) in [4.78, 5) is 15.1. The molecule has 0 radical (unpaired) electrons. The van der Waals surface area contributed by atoms with Crippen molar-refractivity contribution in [3.63, 3.8) is 0 Å². The molecular formula is C21H24N4O. The Labute approximate surface area is 153 Å². The quantitative estimate of drug-likeness (QED) is 0.724. The van der Waals surface area contributed by atoms with Gasteiger partial charge in [-0.3, -0.25) is 4.79 Å². The van der Waals surface area contributed by atoms with E-state index in [1.54, 1.807) is 0 Å². The van der Waals surface area contributed by atoms with E-state index in [2.05, 4.69) is 26.0 Å². The van der Waals surface area contributed by atoms with Gasteiger partial charge in [0.15, 0.2) is 0 Å². The monoisotopic (exact) mass is 348 g/mol. The highest BCUT2D eigenvalue weighted by Gasteiger charge is 2.25. The number of hydrogen-bond acceptors (Lipinski definition) is 2. The molecule has 1 aromatic carbocycles. The summed E-state index contributed by atoms with van der Waals surface area (Å²) < 4.78 is 3.84. The molecule has 2 aromatic heterocycles. The Balaban J connectivity index is 1.86. The highest BCUT2D eigenvalue weighted by atomic mass is 16.2. The minimum absolute atomic E-state index is 0.0652. The van der Waals surface area contributed by atoms with Gasteiger partial charge in [-0.15, -0.1) is 0 Å². The Bertz CT molecular complexity index is 960. The van der Waals surface area contributed by atoms with Gasteiger partial charge in [-0.05, 0) is 56.5 Å². The Morgan fingerprint density at radius 2 is 1.85 bits per heavy atom. The van der Waals surface area contributed by atoms with Crippen molar-refractivity contribution in [3.05, 3.63) is 59.4 Å². The maximum atomic E-state index is 13.1. The first kappa shape index (κ1) is 16.6. The van der Waals surface area contributed by atoms with Crippen LogP contribution >= 0.6 is 0 Å². The molecule has 0 unspecified atom stereocenters. The zero-order valence-electron chi connectivity index (χ0n) is 15.6. The topological polar surface area (TPSA) is 43.1 Å². The second-order valence-corrected chi connectivity index (χ2v) is 7.12. The number of benzene rings is 1. The summed E-state index contributed by atoms with van der Waals surface area (Å²) in [7, 11) is 1.99. The van der Waals surface area contributed by atoms with Crippen LogP contribution in [0.15, 0.2) is 42.6 Å². The Kier molecular flexibility index (Phi) is 4.15. The van der Waals surface area contributed by atoms with Crippen LogP contribution in [0.2, 0.25) is 0 Å². The van der Waals surface area contributed by atoms with Gasteiger partial charge in [0.25, 0.3) is 5.91 Å². The average Bonchev–Trinajstić information content (AvgIpc) is 3.34. The third-order valence-corrected chi connectivity index (χ3v) is 5.11. The lowest BCUT2D eigenvalue weighted by atomic mass is 10.1. The number of rotatable bonds is 3. The van der Waals surface area contributed by atoms with E-state index < -0.39 is 0 Å². The molecule has 0 atom stereocenters. The fraction of sp³-hybridized carbons (Fsp3) is 0.333. The van der Waals surface area contributed by atoms with Crippen LogP contribution in [0.3, 0.4) is 0 Å². The molecule has 3 aromatic rings. The number of amides is 1. The third-order valence-electron chi connectivity index (χ3n) is 5.11. The Morgan fingerprint density at radius 3 is 2.50 bits per heavy atom. The van der Waals surface area contributed by atoms with Crippen molar-refractivity contribution >= 4 is 5.91 Å². The van der Waals surface area contributed by atoms with Gasteiger partial charge in [-0.1, -0.05) is 17.7 Å². The first-order chi connectivity index (χ1) is 12.5. The Hall–Kier alpha value is -2.82. The number of likely N-dealkylation sites (tertiary alicyclic amines) is 1. The molecule has 26 heavy (non-hydrogen) atoms. The van der Waals surface area contributed by atoms with Crippen molar-refractivity contribution in [1.29, 1.82) is 0 Å². The lowest BCUT2D eigenvalue weighted by molar-refractivity contribution is 0.0784. The zero-order valence-corrected chi connectivity index (χ0v) is 15.6. The first-order valence-corrected chi connectivity index (χ1v) is 9.13. The van der Waals surface area contributed by atoms with Gasteiger partial charge < -0.3 is 9.47 Å². The molecule has 0 saturated carbocycles. The molecule has 1 aliphatic rings. The fourth-order valence-corrected chi connectivity index (χ4v) is 3.69. The van der Waals surface area contributed by atoms with E-state index >= 15 is 0 Å². The summed E-state index contributed by atoms with van der Waals surface area (Å²) in [5.74, 6) is 0.0652. The summed E-state index contributed by atoms with van der Waals surface area (Å²) in [6.45, 7) is 5.80. The van der Waals surface area contributed by atoms with Gasteiger partial charge >= 0.3 is 0 Å². The maximum absolute atomic E-state index is 13.1. The van der Waals surface area contributed by atoms with Gasteiger partial charge in [0.2, 0.25) is 0 Å². The lowest BCUT2D eigenvalue weighted by Gasteiger charge is -2.17. The molecule has 1 saturated heterocycles. The lowest BCUT2D eigenvalue weighted by Crippen LogP contribution is -2.29. The molecule has 0 aliphatic carbocycles. The number of carbonyl (C=O) groups is 1. The predicted molar refractivity (Wildman–Crippen MR) is 103 cm³/mol. The van der Waals surface area contributed by atoms with Gasteiger partial charge in [-0.25, -0.2) is 4.68 Å². The number of aromatic nitrogens is 3. The molecule has 4 rings (SSSR count). The average molecular weight is 348 g/mol. The van der Waals surface area contributed by atoms with Gasteiger partial charge in [0, 0.05) is 26.3 Å². The molecule has 134 valence electrons. The van der Waals surface area contributed by atoms with E-state index in [1.165, 1.54) is 5.56 Å². The van der Waals surface area contributed by atoms with Gasteiger partial charge in [0.05, 0.1) is 11.4 Å². The summed E-state index contributed by atoms with van der Waals surface area (Å²) >= 11 is 0. The summed E-state index contributed by atoms with van der Waals surface area (Å²) in [6.07, 6.45) is 4.15. The molecule has 5 heteroatoms. The molecule has 1 amide bonds. The van der Waals surface area contributed by atoms with Crippen LogP contribution in [-0.4, -0.2) is 38.2 Å². The number of aryl methyl sites for hydroxylation is 3. The number of nitrogens with zero attached hydrogens (tertiary/aromatic N) is 4. The van der Waals surface area contributed by atoms with Crippen LogP contribution < -0.4 is 0 Å². The highest BCUT2D eigenvalue weighted by Crippen LogP contribution is 2.25. The third kappa shape index (κ3) is 2.83. The standard InChI is InChI=1S/C21H24N4O/c1-15-8-9-18(16(2)13-15)25-20(21(26)24-11-4-5-12-24)14-17(22-25)19-7-6-10-23(19)3/h6-10,13-14H,4-5,11-12H2,1-3H3. The van der Waals surface area contributed by atoms with Crippen LogP contribution in [0.25, 0.3) is 17.1 Å². The van der Waals surface area contributed by atoms with Crippen molar-refractivity contribution in [1.82, 2.24) is 19.2 Å². The van der Waals surface area contributed by atoms with Crippen LogP contribution in [0, 0.1) is 13.8 Å². The minimum atomic E-state index is 0.0652. The second-order valence-electron chi connectivity index (χ2n) is 7.12. The van der Waals surface area contributed by atoms with Crippen LogP contribution in [0.1, 0.15) is 34.5 Å². The minimum Gasteiger partial charge on any atom is -0.349 e. The van der Waals surface area contributed by atoms with E-state index in [0.29, 0.717) is 5.69 Å². The van der Waals surface area contributed by atoms with E-state index in [9.17, 15) is 4.79 Å². The summed E-state index contributed by atoms with van der Waals surface area (Å²) in [5, 5.41) is 4.82. The van der Waals surface area contributed by atoms with E-state index in [-0.39, 0.29) is 5.91 Å². The van der Waals surface area contributed by atoms with E-state index in [1.807, 2.05) is 51.7 Å². The SMILES string of the molecule is Cc1ccc(-n2nc(-c3cccn3C)cc2C(=O)N2CCCC2)c(C)c1. The molecule has 0 spiro atoms. The number of hydrogen-bond donors (Lipinski definition) is 0. The zero-order chi connectivity index (χ0) is 18.3. The first-order valence-electron chi connectivity index (χ1n) is 9.13. The Morgan fingerprint density at radius 1 is 1.08 bits per heavy atom. The smallest absolute Gasteiger partial charge is 0.272 e. The van der Waals surface area contributed by atoms with Gasteiger partial charge in [0.1, 0.15) is 11.4 Å². The summed E-state index contributed by atoms with van der Waals surface area (Å²) in [5.41, 5.74) is 5.73. The summed E-state index contributed by atoms with van der Waals surface area (Å²) in [6, 6.07) is 12.2. The van der Waals surface area contributed by atoms with Crippen molar-refractivity contribution in [2.75, 3.05) is 13.1 Å². The second kappa shape index (κ2) is 6.48. The molecule has 3 heterocycles. The van der Waals surface area contributed by atoms with Crippen LogP contribution in [0.4, 0.5) is 0 Å². The molecule has 0 bridgehead atoms. The van der Waals surface area contributed by atoms with Crippen molar-refractivity contribution in [2.24, 2.45) is 7.05 Å². The predicted octanol–water partition coefficient (Wildman–Crippen LogP) is 3.73. The van der Waals surface area contributed by atoms with Crippen LogP contribution in [-0.2, 0) is 7.05 Å². The molecule has 0 N–H and O–H groups in total. The van der Waals surface area contributed by atoms with Crippen molar-refractivity contribution in [2.45, 2.75) is 26.7 Å². The van der Waals surface area contributed by atoms with Crippen molar-refractivity contribution in [3.8, 4) is 17.1 Å². The largest absolute Gasteiger partial charge is 0.349 e. The van der Waals surface area contributed by atoms with E-state index in [0.717, 1.165) is 48.6 Å². The van der Waals surface area contributed by atoms with Crippen LogP contribution in [0.5, 0.6) is 0 Å². The molecule has 5 nitrogen and oxygen atoms in total. The van der Waals surface area contributed by atoms with E-state index in [4.69, 9.17) is 5.10 Å². The molecule has 1 fully saturated rings. The number of carbonyl (C=O) groups excluding carboxylic acids is 1. The van der Waals surface area contributed by atoms with Crippen molar-refractivity contribution < 1.29 is 4.79 Å².